The van der Waals surface area contributed by atoms with Crippen molar-refractivity contribution in [2.24, 2.45) is 0 Å². The third-order valence-corrected chi connectivity index (χ3v) is 2.17. The summed E-state index contributed by atoms with van der Waals surface area (Å²) in [6.45, 7) is 3.47. The van der Waals surface area contributed by atoms with E-state index in [9.17, 15) is 4.79 Å². The topological polar surface area (TPSA) is 43.1 Å². The van der Waals surface area contributed by atoms with E-state index >= 15 is 0 Å². The molecule has 0 amide bonds. The van der Waals surface area contributed by atoms with Crippen LogP contribution in [0, 0.1) is 6.92 Å². The van der Waals surface area contributed by atoms with Crippen LogP contribution in [-0.4, -0.2) is 10.9 Å². The molecule has 2 aromatic rings. The van der Waals surface area contributed by atoms with Crippen LogP contribution in [0.1, 0.15) is 23.0 Å². The molecule has 2 rings (SSSR count). The highest BCUT2D eigenvalue weighted by molar-refractivity contribution is 5.92. The third-order valence-electron chi connectivity index (χ3n) is 2.17. The van der Waals surface area contributed by atoms with Gasteiger partial charge in [0.2, 0.25) is 5.76 Å². The second kappa shape index (κ2) is 3.69. The molecule has 1 heterocycles. The average molecular weight is 201 g/mol. The quantitative estimate of drug-likeness (QED) is 0.701. The molecule has 1 aromatic carbocycles. The minimum atomic E-state index is -0.110. The van der Waals surface area contributed by atoms with Crippen molar-refractivity contribution >= 4 is 5.78 Å². The minimum absolute atomic E-state index is 0.110. The molecule has 0 aliphatic rings. The number of hydrogen-bond donors (Lipinski definition) is 0. The number of carbonyl (C=O) groups is 1. The maximum atomic E-state index is 11.0. The summed E-state index contributed by atoms with van der Waals surface area (Å²) in [5.41, 5.74) is 2.81. The highest BCUT2D eigenvalue weighted by Crippen LogP contribution is 2.20. The summed E-state index contributed by atoms with van der Waals surface area (Å²) >= 11 is 0. The molecule has 15 heavy (non-hydrogen) atoms. The Labute approximate surface area is 87.7 Å². The Hall–Kier alpha value is -1.90. The van der Waals surface area contributed by atoms with Crippen molar-refractivity contribution in [2.75, 3.05) is 0 Å². The number of nitrogens with zero attached hydrogens (tertiary/aromatic N) is 1. The van der Waals surface area contributed by atoms with E-state index in [0.717, 1.165) is 11.1 Å². The normalized spacial score (nSPS) is 10.3. The summed E-state index contributed by atoms with van der Waals surface area (Å²) in [4.78, 5) is 11.0. The van der Waals surface area contributed by atoms with Crippen LogP contribution < -0.4 is 0 Å². The van der Waals surface area contributed by atoms with Crippen molar-refractivity contribution < 1.29 is 9.32 Å². The van der Waals surface area contributed by atoms with Gasteiger partial charge in [-0.15, -0.1) is 0 Å². The lowest BCUT2D eigenvalue weighted by Gasteiger charge is -1.95. The first-order chi connectivity index (χ1) is 7.16. The van der Waals surface area contributed by atoms with Crippen molar-refractivity contribution in [3.63, 3.8) is 0 Å². The summed E-state index contributed by atoms with van der Waals surface area (Å²) in [6.07, 6.45) is 0. The molecule has 0 N–H and O–H groups in total. The van der Waals surface area contributed by atoms with Crippen LogP contribution in [0.3, 0.4) is 0 Å². The van der Waals surface area contributed by atoms with Crippen LogP contribution in [0.5, 0.6) is 0 Å². The Balaban J connectivity index is 2.41. The molecule has 3 heteroatoms. The Morgan fingerprint density at radius 1 is 1.33 bits per heavy atom. The second-order valence-corrected chi connectivity index (χ2v) is 3.50. The number of carbonyl (C=O) groups excluding carboxylic acids is 1. The van der Waals surface area contributed by atoms with Crippen molar-refractivity contribution in [2.45, 2.75) is 13.8 Å². The van der Waals surface area contributed by atoms with Gasteiger partial charge < -0.3 is 4.52 Å². The van der Waals surface area contributed by atoms with E-state index in [4.69, 9.17) is 4.52 Å². The van der Waals surface area contributed by atoms with Crippen molar-refractivity contribution in [3.05, 3.63) is 41.7 Å². The Bertz CT molecular complexity index is 500. The molecule has 0 radical (unpaired) electrons. The molecule has 3 nitrogen and oxygen atoms in total. The summed E-state index contributed by atoms with van der Waals surface area (Å²) in [7, 11) is 0. The number of hydrogen-bond acceptors (Lipinski definition) is 3. The first kappa shape index (κ1) is 9.65. The Morgan fingerprint density at radius 3 is 2.73 bits per heavy atom. The standard InChI is InChI=1S/C12H11NO2/c1-8-4-3-5-10(6-8)11-7-12(9(2)14)15-13-11/h3-7H,1-2H3. The van der Waals surface area contributed by atoms with Gasteiger partial charge in [0.1, 0.15) is 5.69 Å². The van der Waals surface area contributed by atoms with Crippen molar-refractivity contribution in [1.29, 1.82) is 0 Å². The van der Waals surface area contributed by atoms with Crippen LogP contribution in [0.2, 0.25) is 0 Å². The van der Waals surface area contributed by atoms with Crippen molar-refractivity contribution in [3.8, 4) is 11.3 Å². The molecule has 0 fully saturated rings. The number of ketones is 1. The highest BCUT2D eigenvalue weighted by atomic mass is 16.5. The molecule has 0 unspecified atom stereocenters. The van der Waals surface area contributed by atoms with Gasteiger partial charge in [0.25, 0.3) is 0 Å². The monoisotopic (exact) mass is 201 g/mol. The van der Waals surface area contributed by atoms with Gasteiger partial charge >= 0.3 is 0 Å². The van der Waals surface area contributed by atoms with Gasteiger partial charge in [-0.3, -0.25) is 4.79 Å². The van der Waals surface area contributed by atoms with Gasteiger partial charge in [0.05, 0.1) is 0 Å². The lowest BCUT2D eigenvalue weighted by atomic mass is 10.1. The van der Waals surface area contributed by atoms with E-state index in [0.29, 0.717) is 11.5 Å². The van der Waals surface area contributed by atoms with E-state index in [1.165, 1.54) is 6.92 Å². The number of aromatic nitrogens is 1. The molecule has 76 valence electrons. The number of aryl methyl sites for hydroxylation is 1. The van der Waals surface area contributed by atoms with Gasteiger partial charge in [-0.2, -0.15) is 0 Å². The molecule has 0 aliphatic heterocycles. The predicted molar refractivity (Wildman–Crippen MR) is 56.7 cm³/mol. The highest BCUT2D eigenvalue weighted by Gasteiger charge is 2.09. The van der Waals surface area contributed by atoms with Crippen LogP contribution in [-0.2, 0) is 0 Å². The summed E-state index contributed by atoms with van der Waals surface area (Å²) in [5, 5.41) is 3.85. The van der Waals surface area contributed by atoms with Gasteiger partial charge in [-0.25, -0.2) is 0 Å². The van der Waals surface area contributed by atoms with Crippen LogP contribution >= 0.6 is 0 Å². The van der Waals surface area contributed by atoms with Gasteiger partial charge in [-0.1, -0.05) is 28.9 Å². The zero-order chi connectivity index (χ0) is 10.8. The summed E-state index contributed by atoms with van der Waals surface area (Å²) in [6, 6.07) is 9.57. The predicted octanol–water partition coefficient (Wildman–Crippen LogP) is 2.85. The number of rotatable bonds is 2. The third kappa shape index (κ3) is 1.96. The SMILES string of the molecule is CC(=O)c1cc(-c2cccc(C)c2)no1. The maximum absolute atomic E-state index is 11.0. The summed E-state index contributed by atoms with van der Waals surface area (Å²) < 4.78 is 4.92. The van der Waals surface area contributed by atoms with Gasteiger partial charge in [-0.05, 0) is 13.0 Å². The molecule has 1 aromatic heterocycles. The molecule has 0 atom stereocenters. The van der Waals surface area contributed by atoms with Gasteiger partial charge in [0, 0.05) is 18.6 Å². The van der Waals surface area contributed by atoms with Crippen LogP contribution in [0.15, 0.2) is 34.9 Å². The van der Waals surface area contributed by atoms with Crippen LogP contribution in [0.4, 0.5) is 0 Å². The first-order valence-electron chi connectivity index (χ1n) is 4.71. The van der Waals surface area contributed by atoms with E-state index in [2.05, 4.69) is 5.16 Å². The van der Waals surface area contributed by atoms with E-state index in [1.54, 1.807) is 6.07 Å². The van der Waals surface area contributed by atoms with E-state index < -0.39 is 0 Å². The van der Waals surface area contributed by atoms with Crippen molar-refractivity contribution in [1.82, 2.24) is 5.16 Å². The fraction of sp³-hybridized carbons (Fsp3) is 0.167. The Morgan fingerprint density at radius 2 is 2.13 bits per heavy atom. The number of Topliss-reactive ketones (excluding diaryl/α,β-unsaturated/α-hetero) is 1. The smallest absolute Gasteiger partial charge is 0.202 e. The first-order valence-corrected chi connectivity index (χ1v) is 4.71. The fourth-order valence-corrected chi connectivity index (χ4v) is 1.38. The minimum Gasteiger partial charge on any atom is -0.353 e. The maximum Gasteiger partial charge on any atom is 0.202 e. The lowest BCUT2D eigenvalue weighted by Crippen LogP contribution is -1.86. The van der Waals surface area contributed by atoms with Gasteiger partial charge in [0.15, 0.2) is 5.78 Å². The molecule has 0 bridgehead atoms. The fourth-order valence-electron chi connectivity index (χ4n) is 1.38. The van der Waals surface area contributed by atoms with E-state index in [1.807, 2.05) is 31.2 Å². The molecule has 0 saturated carbocycles. The molecule has 0 aliphatic carbocycles. The van der Waals surface area contributed by atoms with E-state index in [-0.39, 0.29) is 5.78 Å². The number of benzene rings is 1. The largest absolute Gasteiger partial charge is 0.353 e. The molecule has 0 spiro atoms. The zero-order valence-corrected chi connectivity index (χ0v) is 8.65. The Kier molecular flexibility index (Phi) is 2.37. The molecular formula is C12H11NO2. The molecular weight excluding hydrogens is 190 g/mol. The average Bonchev–Trinajstić information content (AvgIpc) is 2.66. The second-order valence-electron chi connectivity index (χ2n) is 3.50. The zero-order valence-electron chi connectivity index (χ0n) is 8.65. The van der Waals surface area contributed by atoms with Crippen LogP contribution in [0.25, 0.3) is 11.3 Å². The molecule has 0 saturated heterocycles. The lowest BCUT2D eigenvalue weighted by molar-refractivity contribution is 0.0978. The summed E-state index contributed by atoms with van der Waals surface area (Å²) in [5.74, 6) is 0.188.